The molecule has 0 unspecified atom stereocenters. The van der Waals surface area contributed by atoms with Gasteiger partial charge in [0.2, 0.25) is 0 Å². The highest BCUT2D eigenvalue weighted by atomic mass is 35.5. The molecule has 1 atom stereocenters. The van der Waals surface area contributed by atoms with Crippen LogP contribution in [0.15, 0.2) is 42.7 Å². The maximum absolute atomic E-state index is 6.32. The van der Waals surface area contributed by atoms with Crippen LogP contribution < -0.4 is 5.32 Å². The zero-order valence-corrected chi connectivity index (χ0v) is 16.5. The molecule has 0 aromatic carbocycles. The first-order valence-electron chi connectivity index (χ1n) is 10.1. The molecule has 1 N–H and O–H groups in total. The highest BCUT2D eigenvalue weighted by Gasteiger charge is 2.48. The molecule has 4 rings (SSSR count). The smallest absolute Gasteiger partial charge is 0.129 e. The molecule has 1 saturated heterocycles. The molecule has 1 aliphatic heterocycles. The van der Waals surface area contributed by atoms with Gasteiger partial charge in [-0.3, -0.25) is 4.98 Å². The second kappa shape index (κ2) is 8.26. The number of pyridine rings is 2. The summed E-state index contributed by atoms with van der Waals surface area (Å²) in [5, 5.41) is 4.13. The fourth-order valence-electron chi connectivity index (χ4n) is 4.87. The maximum atomic E-state index is 6.32. The van der Waals surface area contributed by atoms with Crippen LogP contribution >= 0.6 is 11.6 Å². The van der Waals surface area contributed by atoms with Crippen molar-refractivity contribution in [3.63, 3.8) is 0 Å². The van der Waals surface area contributed by atoms with Crippen molar-refractivity contribution in [2.24, 2.45) is 0 Å². The van der Waals surface area contributed by atoms with Crippen molar-refractivity contribution in [3.8, 4) is 0 Å². The summed E-state index contributed by atoms with van der Waals surface area (Å²) in [6.45, 7) is 2.61. The number of hydrogen-bond acceptors (Lipinski definition) is 4. The van der Waals surface area contributed by atoms with Crippen molar-refractivity contribution in [2.45, 2.75) is 62.5 Å². The Bertz CT molecular complexity index is 731. The molecule has 1 saturated carbocycles. The molecular formula is C22H28ClN3O. The Kier molecular flexibility index (Phi) is 5.76. The van der Waals surface area contributed by atoms with Gasteiger partial charge in [-0.2, -0.15) is 0 Å². The predicted octanol–water partition coefficient (Wildman–Crippen LogP) is 4.67. The summed E-state index contributed by atoms with van der Waals surface area (Å²) >= 11 is 5.87. The molecule has 0 bridgehead atoms. The number of ether oxygens (including phenoxy) is 1. The Morgan fingerprint density at radius 3 is 2.70 bits per heavy atom. The zero-order valence-electron chi connectivity index (χ0n) is 15.8. The molecule has 2 fully saturated rings. The Labute approximate surface area is 166 Å². The van der Waals surface area contributed by atoms with Crippen molar-refractivity contribution in [3.05, 3.63) is 59.1 Å². The molecule has 0 radical (unpaired) electrons. The SMILES string of the molecule is Clc1ccc(CNCC[C@]2(c3ccccn3)CCOC3(CCCC3)C2)cn1. The van der Waals surface area contributed by atoms with Crippen LogP contribution in [0.4, 0.5) is 0 Å². The van der Waals surface area contributed by atoms with E-state index >= 15 is 0 Å². The monoisotopic (exact) mass is 385 g/mol. The van der Waals surface area contributed by atoms with E-state index in [0.717, 1.165) is 44.5 Å². The second-order valence-electron chi connectivity index (χ2n) is 8.08. The average Bonchev–Trinajstić information content (AvgIpc) is 3.15. The first kappa shape index (κ1) is 18.9. The van der Waals surface area contributed by atoms with Crippen LogP contribution in [0.2, 0.25) is 5.15 Å². The summed E-state index contributed by atoms with van der Waals surface area (Å²) in [5.74, 6) is 0. The molecule has 3 heterocycles. The first-order valence-corrected chi connectivity index (χ1v) is 10.4. The Hall–Kier alpha value is -1.49. The summed E-state index contributed by atoms with van der Waals surface area (Å²) in [6, 6.07) is 10.2. The van der Waals surface area contributed by atoms with Crippen LogP contribution in [0.5, 0.6) is 0 Å². The van der Waals surface area contributed by atoms with Crippen molar-refractivity contribution in [1.82, 2.24) is 15.3 Å². The quantitative estimate of drug-likeness (QED) is 0.579. The number of nitrogens with zero attached hydrogens (tertiary/aromatic N) is 2. The molecule has 27 heavy (non-hydrogen) atoms. The van der Waals surface area contributed by atoms with Crippen molar-refractivity contribution in [2.75, 3.05) is 13.2 Å². The van der Waals surface area contributed by atoms with Gasteiger partial charge in [0.1, 0.15) is 5.15 Å². The van der Waals surface area contributed by atoms with Crippen LogP contribution in [0.25, 0.3) is 0 Å². The van der Waals surface area contributed by atoms with E-state index in [1.807, 2.05) is 30.6 Å². The number of hydrogen-bond donors (Lipinski definition) is 1. The summed E-state index contributed by atoms with van der Waals surface area (Å²) < 4.78 is 6.32. The average molecular weight is 386 g/mol. The number of nitrogens with one attached hydrogen (secondary N) is 1. The van der Waals surface area contributed by atoms with E-state index in [2.05, 4.69) is 22.4 Å². The summed E-state index contributed by atoms with van der Waals surface area (Å²) in [7, 11) is 0. The lowest BCUT2D eigenvalue weighted by Gasteiger charge is -2.46. The lowest BCUT2D eigenvalue weighted by molar-refractivity contribution is -0.104. The van der Waals surface area contributed by atoms with E-state index in [0.29, 0.717) is 5.15 Å². The molecule has 1 spiro atoms. The molecule has 2 aromatic rings. The van der Waals surface area contributed by atoms with Crippen molar-refractivity contribution < 1.29 is 4.74 Å². The predicted molar refractivity (Wildman–Crippen MR) is 108 cm³/mol. The van der Waals surface area contributed by atoms with E-state index in [4.69, 9.17) is 21.3 Å². The third kappa shape index (κ3) is 4.34. The Balaban J connectivity index is 1.45. The molecule has 144 valence electrons. The normalized spacial score (nSPS) is 24.3. The minimum absolute atomic E-state index is 0.0792. The first-order chi connectivity index (χ1) is 13.2. The van der Waals surface area contributed by atoms with Crippen LogP contribution in [-0.4, -0.2) is 28.7 Å². The van der Waals surface area contributed by atoms with Gasteiger partial charge in [-0.1, -0.05) is 36.6 Å². The third-order valence-corrected chi connectivity index (χ3v) is 6.49. The molecule has 2 aromatic heterocycles. The maximum Gasteiger partial charge on any atom is 0.129 e. The second-order valence-corrected chi connectivity index (χ2v) is 8.46. The van der Waals surface area contributed by atoms with Crippen LogP contribution in [0, 0.1) is 0 Å². The lowest BCUT2D eigenvalue weighted by atomic mass is 9.68. The summed E-state index contributed by atoms with van der Waals surface area (Å²) in [5.41, 5.74) is 2.57. The highest BCUT2D eigenvalue weighted by molar-refractivity contribution is 6.29. The Morgan fingerprint density at radius 2 is 1.96 bits per heavy atom. The molecular weight excluding hydrogens is 358 g/mol. The fraction of sp³-hybridized carbons (Fsp3) is 0.545. The topological polar surface area (TPSA) is 47.0 Å². The lowest BCUT2D eigenvalue weighted by Crippen LogP contribution is -2.47. The molecule has 4 nitrogen and oxygen atoms in total. The minimum atomic E-state index is 0.0792. The van der Waals surface area contributed by atoms with E-state index in [1.54, 1.807) is 0 Å². The van der Waals surface area contributed by atoms with Crippen molar-refractivity contribution in [1.29, 1.82) is 0 Å². The van der Waals surface area contributed by atoms with Gasteiger partial charge in [0.15, 0.2) is 0 Å². The van der Waals surface area contributed by atoms with Gasteiger partial charge < -0.3 is 10.1 Å². The van der Waals surface area contributed by atoms with Gasteiger partial charge in [-0.15, -0.1) is 0 Å². The van der Waals surface area contributed by atoms with Gasteiger partial charge in [0.25, 0.3) is 0 Å². The highest BCUT2D eigenvalue weighted by Crippen LogP contribution is 2.49. The van der Waals surface area contributed by atoms with Crippen LogP contribution in [0.1, 0.15) is 56.2 Å². The zero-order chi connectivity index (χ0) is 18.6. The largest absolute Gasteiger partial charge is 0.375 e. The van der Waals surface area contributed by atoms with Gasteiger partial charge in [0.05, 0.1) is 5.60 Å². The van der Waals surface area contributed by atoms with Crippen molar-refractivity contribution >= 4 is 11.6 Å². The molecule has 5 heteroatoms. The third-order valence-electron chi connectivity index (χ3n) is 6.27. The van der Waals surface area contributed by atoms with Crippen LogP contribution in [-0.2, 0) is 16.7 Å². The summed E-state index contributed by atoms with van der Waals surface area (Å²) in [6.07, 6.45) is 12.0. The van der Waals surface area contributed by atoms with E-state index in [9.17, 15) is 0 Å². The van der Waals surface area contributed by atoms with Gasteiger partial charge in [0, 0.05) is 36.7 Å². The number of aromatic nitrogens is 2. The molecule has 2 aliphatic rings. The minimum Gasteiger partial charge on any atom is -0.375 e. The van der Waals surface area contributed by atoms with E-state index in [-0.39, 0.29) is 11.0 Å². The molecule has 1 aliphatic carbocycles. The summed E-state index contributed by atoms with van der Waals surface area (Å²) in [4.78, 5) is 8.92. The van der Waals surface area contributed by atoms with E-state index < -0.39 is 0 Å². The van der Waals surface area contributed by atoms with E-state index in [1.165, 1.54) is 31.4 Å². The standard InChI is InChI=1S/C22H28ClN3O/c23-20-7-6-18(16-26-20)15-24-13-10-21(19-5-1-4-12-25-19)11-14-27-22(17-21)8-2-3-9-22/h1,4-7,12,16,24H,2-3,8-11,13-15,17H2/t21-/m0/s1. The molecule has 0 amide bonds. The number of halogens is 1. The number of rotatable bonds is 6. The van der Waals surface area contributed by atoms with Gasteiger partial charge in [-0.05, 0) is 62.4 Å². The van der Waals surface area contributed by atoms with Gasteiger partial charge in [-0.25, -0.2) is 4.98 Å². The Morgan fingerprint density at radius 1 is 1.07 bits per heavy atom. The van der Waals surface area contributed by atoms with Gasteiger partial charge >= 0.3 is 0 Å². The fourth-order valence-corrected chi connectivity index (χ4v) is 4.98. The van der Waals surface area contributed by atoms with Crippen LogP contribution in [0.3, 0.4) is 0 Å².